The van der Waals surface area contributed by atoms with Crippen LogP contribution in [0.1, 0.15) is 15.9 Å². The molecule has 0 aliphatic carbocycles. The fourth-order valence-corrected chi connectivity index (χ4v) is 2.55. The molecule has 0 N–H and O–H groups in total. The number of halogens is 13. The Kier molecular flexibility index (Phi) is 8.85. The third-order valence-electron chi connectivity index (χ3n) is 3.81. The Morgan fingerprint density at radius 1 is 0.697 bits per heavy atom. The predicted octanol–water partition coefficient (Wildman–Crippen LogP) is 1.61. The van der Waals surface area contributed by atoms with Crippen molar-refractivity contribution in [2.75, 3.05) is 5.75 Å². The van der Waals surface area contributed by atoms with Crippen LogP contribution < -0.4 is 29.6 Å². The maximum absolute atomic E-state index is 13.9. The summed E-state index contributed by atoms with van der Waals surface area (Å²) in [6, 6.07) is -0.524. The number of ketones is 1. The molecule has 0 saturated carbocycles. The van der Waals surface area contributed by atoms with Gasteiger partial charge in [-0.25, -0.2) is 8.42 Å². The molecule has 19 heteroatoms. The minimum Gasteiger partial charge on any atom is -0.748 e. The van der Waals surface area contributed by atoms with Crippen molar-refractivity contribution in [2.45, 2.75) is 35.8 Å². The maximum Gasteiger partial charge on any atom is 1.00 e. The number of carbonyl (C=O) groups is 1. The molecule has 0 aliphatic rings. The zero-order valence-corrected chi connectivity index (χ0v) is 18.3. The van der Waals surface area contributed by atoms with Crippen LogP contribution in [0.4, 0.5) is 57.1 Å². The third-order valence-corrected chi connectivity index (χ3v) is 4.43. The molecule has 33 heavy (non-hydrogen) atoms. The quantitative estimate of drug-likeness (QED) is 0.218. The third kappa shape index (κ3) is 5.43. The van der Waals surface area contributed by atoms with Crippen molar-refractivity contribution in [3.63, 3.8) is 0 Å². The Hall–Kier alpha value is -1.11. The summed E-state index contributed by atoms with van der Waals surface area (Å²) in [6.07, 6.45) is -7.53. The van der Waals surface area contributed by atoms with Crippen LogP contribution in [0.15, 0.2) is 24.3 Å². The van der Waals surface area contributed by atoms with Gasteiger partial charge >= 0.3 is 65.3 Å². The number of hydrogen-bond donors (Lipinski definition) is 0. The van der Waals surface area contributed by atoms with Gasteiger partial charge in [0.05, 0.1) is 0 Å². The maximum atomic E-state index is 13.9. The number of Topliss-reactive ketones (excluding diaryl/α,β-unsaturated/α-hetero) is 1. The summed E-state index contributed by atoms with van der Waals surface area (Å²) in [7, 11) is -5.21. The van der Waals surface area contributed by atoms with E-state index in [1.165, 1.54) is 0 Å². The summed E-state index contributed by atoms with van der Waals surface area (Å²) in [5.41, 5.74) is -3.29. The Morgan fingerprint density at radius 3 is 1.39 bits per heavy atom. The van der Waals surface area contributed by atoms with Gasteiger partial charge < -0.3 is 4.55 Å². The smallest absolute Gasteiger partial charge is 0.748 e. The fraction of sp³-hybridized carbons (Fsp3) is 0.500. The van der Waals surface area contributed by atoms with E-state index in [-0.39, 0.29) is 53.8 Å². The van der Waals surface area contributed by atoms with Gasteiger partial charge in [-0.3, -0.25) is 4.79 Å². The van der Waals surface area contributed by atoms with Gasteiger partial charge in [0, 0.05) is 11.1 Å². The molecular weight excluding hydrogens is 534 g/mol. The molecule has 0 heterocycles. The van der Waals surface area contributed by atoms with Gasteiger partial charge in [-0.2, -0.15) is 57.1 Å². The summed E-state index contributed by atoms with van der Waals surface area (Å²) in [5, 5.41) is 0. The largest absolute Gasteiger partial charge is 1.00 e. The average Bonchev–Trinajstić information content (AvgIpc) is 2.58. The van der Waals surface area contributed by atoms with E-state index in [1.54, 1.807) is 0 Å². The predicted molar refractivity (Wildman–Crippen MR) is 75.1 cm³/mol. The molecule has 184 valence electrons. The van der Waals surface area contributed by atoms with Crippen molar-refractivity contribution < 1.29 is 104 Å². The van der Waals surface area contributed by atoms with E-state index in [2.05, 4.69) is 0 Å². The normalized spacial score (nSPS) is 14.6. The Balaban J connectivity index is 0.0000102. The molecule has 0 radical (unpaired) electrons. The molecule has 0 saturated heterocycles. The SMILES string of the molecule is O=C(CS(=O)(=O)[O-])c1ccc(C(F)(F)C(F)(F)C(F)(F)C(F)(F)C(F)(F)C(F)(F)F)cc1.[Na+]. The van der Waals surface area contributed by atoms with E-state index in [0.717, 1.165) is 0 Å². The number of hydrogen-bond acceptors (Lipinski definition) is 4. The molecule has 1 rings (SSSR count). The molecule has 1 aromatic rings. The van der Waals surface area contributed by atoms with Gasteiger partial charge in [0.1, 0.15) is 15.9 Å². The topological polar surface area (TPSA) is 74.3 Å². The number of rotatable bonds is 8. The summed E-state index contributed by atoms with van der Waals surface area (Å²) >= 11 is 0. The van der Waals surface area contributed by atoms with Crippen LogP contribution in [0, 0.1) is 0 Å². The van der Waals surface area contributed by atoms with Gasteiger partial charge in [-0.15, -0.1) is 0 Å². The standard InChI is InChI=1S/C14H7F13O4S.Na/c15-9(16,7-3-1-6(2-4-7)8(28)5-32(29,30)31)10(17,18)11(19,20)12(21,22)13(23,24)14(25,26)27;/h1-4H,5H2,(H,29,30,31);/q;+1/p-1. The second kappa shape index (κ2) is 9.16. The molecule has 0 fully saturated rings. The second-order valence-electron chi connectivity index (χ2n) is 6.07. The molecular formula is C14H6F13NaO4S. The van der Waals surface area contributed by atoms with Crippen LogP contribution in [0.5, 0.6) is 0 Å². The molecule has 0 aromatic heterocycles. The van der Waals surface area contributed by atoms with Crippen molar-refractivity contribution >= 4 is 15.9 Å². The Bertz CT molecular complexity index is 972. The van der Waals surface area contributed by atoms with E-state index in [9.17, 15) is 74.8 Å². The first-order valence-electron chi connectivity index (χ1n) is 7.37. The summed E-state index contributed by atoms with van der Waals surface area (Å²) in [6.45, 7) is 0. The number of benzene rings is 1. The molecule has 0 aliphatic heterocycles. The first kappa shape index (κ1) is 31.9. The van der Waals surface area contributed by atoms with Crippen LogP contribution in [0.3, 0.4) is 0 Å². The first-order valence-corrected chi connectivity index (χ1v) is 8.95. The van der Waals surface area contributed by atoms with Crippen molar-refractivity contribution in [1.82, 2.24) is 0 Å². The minimum atomic E-state index is -8.05. The van der Waals surface area contributed by atoms with Crippen LogP contribution in [0.2, 0.25) is 0 Å². The van der Waals surface area contributed by atoms with E-state index >= 15 is 0 Å². The number of carbonyl (C=O) groups excluding carboxylic acids is 1. The first-order chi connectivity index (χ1) is 13.8. The Morgan fingerprint density at radius 2 is 1.06 bits per heavy atom. The minimum absolute atomic E-state index is 0. The average molecular weight is 540 g/mol. The molecule has 0 atom stereocenters. The van der Waals surface area contributed by atoms with Crippen LogP contribution in [-0.2, 0) is 16.0 Å². The van der Waals surface area contributed by atoms with Gasteiger partial charge in [-0.05, 0) is 0 Å². The van der Waals surface area contributed by atoms with Gasteiger partial charge in [-0.1, -0.05) is 24.3 Å². The van der Waals surface area contributed by atoms with E-state index < -0.39 is 68.6 Å². The second-order valence-corrected chi connectivity index (χ2v) is 7.48. The van der Waals surface area contributed by atoms with Crippen molar-refractivity contribution in [3.8, 4) is 0 Å². The van der Waals surface area contributed by atoms with E-state index in [1.807, 2.05) is 0 Å². The van der Waals surface area contributed by atoms with Crippen LogP contribution in [0.25, 0.3) is 0 Å². The zero-order chi connectivity index (χ0) is 25.8. The van der Waals surface area contributed by atoms with Gasteiger partial charge in [0.25, 0.3) is 0 Å². The van der Waals surface area contributed by atoms with E-state index in [4.69, 9.17) is 0 Å². The number of alkyl halides is 13. The molecule has 0 amide bonds. The van der Waals surface area contributed by atoms with E-state index in [0.29, 0.717) is 0 Å². The summed E-state index contributed by atoms with van der Waals surface area (Å²) in [5.74, 6) is -41.3. The molecule has 0 spiro atoms. The van der Waals surface area contributed by atoms with Gasteiger partial charge in [0.15, 0.2) is 5.78 Å². The molecule has 1 aromatic carbocycles. The fourth-order valence-electron chi connectivity index (χ4n) is 2.06. The summed E-state index contributed by atoms with van der Waals surface area (Å²) in [4.78, 5) is 11.4. The monoisotopic (exact) mass is 540 g/mol. The van der Waals surface area contributed by atoms with Crippen molar-refractivity contribution in [3.05, 3.63) is 35.4 Å². The zero-order valence-electron chi connectivity index (χ0n) is 15.5. The molecule has 4 nitrogen and oxygen atoms in total. The van der Waals surface area contributed by atoms with Crippen molar-refractivity contribution in [1.29, 1.82) is 0 Å². The van der Waals surface area contributed by atoms with Crippen LogP contribution >= 0.6 is 0 Å². The molecule has 0 unspecified atom stereocenters. The molecule has 0 bridgehead atoms. The van der Waals surface area contributed by atoms with Crippen LogP contribution in [-0.4, -0.2) is 54.4 Å². The Labute approximate surface area is 197 Å². The summed E-state index contributed by atoms with van der Waals surface area (Å²) < 4.78 is 201. The van der Waals surface area contributed by atoms with Crippen molar-refractivity contribution in [2.24, 2.45) is 0 Å². The van der Waals surface area contributed by atoms with Gasteiger partial charge in [0.2, 0.25) is 0 Å².